The number of benzene rings is 1. The van der Waals surface area contributed by atoms with Crippen LogP contribution in [0.1, 0.15) is 31.5 Å². The van der Waals surface area contributed by atoms with Gasteiger partial charge < -0.3 is 5.32 Å². The summed E-state index contributed by atoms with van der Waals surface area (Å²) in [5.41, 5.74) is 1.73. The van der Waals surface area contributed by atoms with Crippen molar-refractivity contribution in [3.63, 3.8) is 0 Å². The second-order valence-electron chi connectivity index (χ2n) is 6.11. The maximum atomic E-state index is 12.0. The predicted molar refractivity (Wildman–Crippen MR) is 95.1 cm³/mol. The molecule has 0 fully saturated rings. The highest BCUT2D eigenvalue weighted by atomic mass is 35.5. The number of nitrogens with one attached hydrogen (secondary N) is 1. The van der Waals surface area contributed by atoms with Crippen LogP contribution >= 0.6 is 23.2 Å². The van der Waals surface area contributed by atoms with Crippen LogP contribution in [0.3, 0.4) is 0 Å². The van der Waals surface area contributed by atoms with Crippen LogP contribution in [-0.4, -0.2) is 17.4 Å². The van der Waals surface area contributed by atoms with E-state index in [1.807, 2.05) is 30.3 Å². The van der Waals surface area contributed by atoms with Gasteiger partial charge in [0, 0.05) is 30.3 Å². The lowest BCUT2D eigenvalue weighted by Gasteiger charge is -2.26. The largest absolute Gasteiger partial charge is 0.355 e. The van der Waals surface area contributed by atoms with Gasteiger partial charge >= 0.3 is 0 Å². The lowest BCUT2D eigenvalue weighted by atomic mass is 9.84. The number of hydrogen-bond donors (Lipinski definition) is 1. The van der Waals surface area contributed by atoms with E-state index in [0.29, 0.717) is 29.4 Å². The Bertz CT molecular complexity index is 672. The fourth-order valence-electron chi connectivity index (χ4n) is 2.21. The van der Waals surface area contributed by atoms with Crippen molar-refractivity contribution in [2.75, 3.05) is 6.54 Å². The van der Waals surface area contributed by atoms with E-state index in [0.717, 1.165) is 11.3 Å². The number of carbonyl (C=O) groups excluding carboxylic acids is 1. The van der Waals surface area contributed by atoms with Crippen molar-refractivity contribution in [3.05, 3.63) is 63.9 Å². The maximum absolute atomic E-state index is 12.0. The molecule has 0 saturated heterocycles. The van der Waals surface area contributed by atoms with E-state index in [2.05, 4.69) is 24.1 Å². The van der Waals surface area contributed by atoms with Gasteiger partial charge in [0.2, 0.25) is 5.91 Å². The lowest BCUT2D eigenvalue weighted by Crippen LogP contribution is -2.36. The number of aryl methyl sites for hydroxylation is 1. The van der Waals surface area contributed by atoms with E-state index in [1.165, 1.54) is 0 Å². The first kappa shape index (κ1) is 17.8. The fourth-order valence-corrected chi connectivity index (χ4v) is 2.51. The van der Waals surface area contributed by atoms with Crippen LogP contribution in [0, 0.1) is 0 Å². The summed E-state index contributed by atoms with van der Waals surface area (Å²) in [5.74, 6) is 0.0174. The summed E-state index contributed by atoms with van der Waals surface area (Å²) in [4.78, 5) is 16.2. The highest BCUT2D eigenvalue weighted by Crippen LogP contribution is 2.29. The lowest BCUT2D eigenvalue weighted by molar-refractivity contribution is -0.121. The number of amides is 1. The first-order chi connectivity index (χ1) is 10.9. The smallest absolute Gasteiger partial charge is 0.220 e. The number of pyridine rings is 1. The molecule has 0 unspecified atom stereocenters. The Morgan fingerprint density at radius 2 is 1.96 bits per heavy atom. The third kappa shape index (κ3) is 5.22. The van der Waals surface area contributed by atoms with Crippen molar-refractivity contribution < 1.29 is 4.79 Å². The summed E-state index contributed by atoms with van der Waals surface area (Å²) < 4.78 is 0. The zero-order valence-corrected chi connectivity index (χ0v) is 14.8. The first-order valence-electron chi connectivity index (χ1n) is 7.50. The summed E-state index contributed by atoms with van der Waals surface area (Å²) in [6, 6.07) is 11.3. The Labute approximate surface area is 147 Å². The van der Waals surface area contributed by atoms with Crippen LogP contribution in [-0.2, 0) is 16.6 Å². The number of halogens is 2. The predicted octanol–water partition coefficient (Wildman–Crippen LogP) is 4.42. The Kier molecular flexibility index (Phi) is 6.03. The molecule has 1 N–H and O–H groups in total. The molecule has 1 aromatic carbocycles. The van der Waals surface area contributed by atoms with E-state index in [1.54, 1.807) is 12.3 Å². The van der Waals surface area contributed by atoms with Gasteiger partial charge in [-0.2, -0.15) is 0 Å². The molecular weight excluding hydrogens is 331 g/mol. The van der Waals surface area contributed by atoms with Crippen molar-refractivity contribution in [1.29, 1.82) is 0 Å². The van der Waals surface area contributed by atoms with E-state index in [9.17, 15) is 4.79 Å². The van der Waals surface area contributed by atoms with Gasteiger partial charge in [0.05, 0.1) is 10.0 Å². The van der Waals surface area contributed by atoms with Gasteiger partial charge in [0.1, 0.15) is 0 Å². The number of aromatic nitrogens is 1. The highest BCUT2D eigenvalue weighted by molar-refractivity contribution is 6.42. The molecule has 0 spiro atoms. The third-order valence-corrected chi connectivity index (χ3v) is 4.50. The Balaban J connectivity index is 1.88. The standard InChI is InChI=1S/C18H20Cl2N2O/c1-18(2,13-6-8-15(19)16(20)11-13)12-22-17(23)9-7-14-5-3-4-10-21-14/h3-6,8,10-11H,7,9,12H2,1-2H3,(H,22,23). The normalized spacial score (nSPS) is 11.3. The summed E-state index contributed by atoms with van der Waals surface area (Å²) in [6.07, 6.45) is 2.80. The average molecular weight is 351 g/mol. The van der Waals surface area contributed by atoms with Gasteiger partial charge in [0.15, 0.2) is 0 Å². The van der Waals surface area contributed by atoms with Gasteiger partial charge in [0.25, 0.3) is 0 Å². The monoisotopic (exact) mass is 350 g/mol. The van der Waals surface area contributed by atoms with Crippen molar-refractivity contribution in [3.8, 4) is 0 Å². The molecule has 5 heteroatoms. The Hall–Kier alpha value is -1.58. The van der Waals surface area contributed by atoms with Crippen LogP contribution in [0.15, 0.2) is 42.6 Å². The molecule has 0 bridgehead atoms. The third-order valence-electron chi connectivity index (χ3n) is 3.76. The molecule has 2 rings (SSSR count). The van der Waals surface area contributed by atoms with Gasteiger partial charge in [-0.15, -0.1) is 0 Å². The van der Waals surface area contributed by atoms with Crippen molar-refractivity contribution >= 4 is 29.1 Å². The van der Waals surface area contributed by atoms with Crippen LogP contribution in [0.2, 0.25) is 10.0 Å². The van der Waals surface area contributed by atoms with Gasteiger partial charge in [-0.25, -0.2) is 0 Å². The second-order valence-corrected chi connectivity index (χ2v) is 6.92. The molecule has 0 aliphatic carbocycles. The van der Waals surface area contributed by atoms with Crippen molar-refractivity contribution in [1.82, 2.24) is 10.3 Å². The van der Waals surface area contributed by atoms with Crippen LogP contribution < -0.4 is 5.32 Å². The minimum atomic E-state index is -0.227. The number of nitrogens with zero attached hydrogens (tertiary/aromatic N) is 1. The van der Waals surface area contributed by atoms with E-state index < -0.39 is 0 Å². The number of hydrogen-bond acceptors (Lipinski definition) is 2. The molecule has 0 atom stereocenters. The topological polar surface area (TPSA) is 42.0 Å². The molecule has 122 valence electrons. The van der Waals surface area contributed by atoms with E-state index in [4.69, 9.17) is 23.2 Å². The fraction of sp³-hybridized carbons (Fsp3) is 0.333. The molecule has 1 aromatic heterocycles. The van der Waals surface area contributed by atoms with Crippen molar-refractivity contribution in [2.24, 2.45) is 0 Å². The summed E-state index contributed by atoms with van der Waals surface area (Å²) in [7, 11) is 0. The Morgan fingerprint density at radius 1 is 1.17 bits per heavy atom. The molecule has 0 aliphatic heterocycles. The minimum absolute atomic E-state index is 0.0174. The van der Waals surface area contributed by atoms with Crippen LogP contribution in [0.4, 0.5) is 0 Å². The van der Waals surface area contributed by atoms with Gasteiger partial charge in [-0.05, 0) is 36.2 Å². The quantitative estimate of drug-likeness (QED) is 0.837. The van der Waals surface area contributed by atoms with Crippen molar-refractivity contribution in [2.45, 2.75) is 32.1 Å². The highest BCUT2D eigenvalue weighted by Gasteiger charge is 2.22. The molecule has 2 aromatic rings. The SMILES string of the molecule is CC(C)(CNC(=O)CCc1ccccn1)c1ccc(Cl)c(Cl)c1. The number of rotatable bonds is 6. The molecule has 1 amide bonds. The zero-order valence-electron chi connectivity index (χ0n) is 13.3. The second kappa shape index (κ2) is 7.80. The summed E-state index contributed by atoms with van der Waals surface area (Å²) in [5, 5.41) is 4.04. The zero-order chi connectivity index (χ0) is 16.9. The molecule has 23 heavy (non-hydrogen) atoms. The molecular formula is C18H20Cl2N2O. The molecule has 1 heterocycles. The number of carbonyl (C=O) groups is 1. The van der Waals surface area contributed by atoms with E-state index in [-0.39, 0.29) is 11.3 Å². The molecule has 3 nitrogen and oxygen atoms in total. The minimum Gasteiger partial charge on any atom is -0.355 e. The van der Waals surface area contributed by atoms with Crippen LogP contribution in [0.25, 0.3) is 0 Å². The average Bonchev–Trinajstić information content (AvgIpc) is 2.54. The van der Waals surface area contributed by atoms with Gasteiger partial charge in [-0.1, -0.05) is 49.2 Å². The maximum Gasteiger partial charge on any atom is 0.220 e. The first-order valence-corrected chi connectivity index (χ1v) is 8.26. The van der Waals surface area contributed by atoms with E-state index >= 15 is 0 Å². The summed E-state index contributed by atoms with van der Waals surface area (Å²) in [6.45, 7) is 4.66. The van der Waals surface area contributed by atoms with Crippen LogP contribution in [0.5, 0.6) is 0 Å². The molecule has 0 saturated carbocycles. The Morgan fingerprint density at radius 3 is 2.61 bits per heavy atom. The summed E-state index contributed by atoms with van der Waals surface area (Å²) >= 11 is 12.0. The molecule has 0 radical (unpaired) electrons. The molecule has 0 aliphatic rings. The van der Waals surface area contributed by atoms with Gasteiger partial charge in [-0.3, -0.25) is 9.78 Å².